The largest absolute Gasteiger partial charge is 0.416 e. The number of carbonyl (C=O) groups is 1. The van der Waals surface area contributed by atoms with E-state index in [2.05, 4.69) is 5.32 Å². The second kappa shape index (κ2) is 6.61. The molecule has 0 saturated heterocycles. The molecule has 3 N–H and O–H groups in total. The van der Waals surface area contributed by atoms with Gasteiger partial charge in [-0.25, -0.2) is 0 Å². The van der Waals surface area contributed by atoms with Crippen LogP contribution < -0.4 is 11.1 Å². The van der Waals surface area contributed by atoms with Crippen molar-refractivity contribution in [3.05, 3.63) is 35.4 Å². The third-order valence-electron chi connectivity index (χ3n) is 5.32. The third-order valence-corrected chi connectivity index (χ3v) is 5.32. The standard InChI is InChI=1S/C18H25F3N2O2/c1-5-25-14-10-17(22,16(14,3)4)15(24)23-11(2)12-6-8-13(9-7-12)18(19,20)21/h6-9,11,14H,5,10,22H2,1-4H3,(H,23,24). The summed E-state index contributed by atoms with van der Waals surface area (Å²) in [7, 11) is 0. The molecule has 3 atom stereocenters. The number of hydrogen-bond donors (Lipinski definition) is 2. The minimum Gasteiger partial charge on any atom is -0.378 e. The Morgan fingerprint density at radius 3 is 2.36 bits per heavy atom. The van der Waals surface area contributed by atoms with Crippen LogP contribution in [0.15, 0.2) is 24.3 Å². The summed E-state index contributed by atoms with van der Waals surface area (Å²) in [5, 5.41) is 2.81. The van der Waals surface area contributed by atoms with Gasteiger partial charge in [-0.1, -0.05) is 26.0 Å². The van der Waals surface area contributed by atoms with Crippen molar-refractivity contribution >= 4 is 5.91 Å². The molecule has 1 fully saturated rings. The molecule has 3 unspecified atom stereocenters. The maximum absolute atomic E-state index is 12.7. The van der Waals surface area contributed by atoms with Crippen molar-refractivity contribution in [2.24, 2.45) is 11.1 Å². The first-order valence-electron chi connectivity index (χ1n) is 8.32. The van der Waals surface area contributed by atoms with Crippen molar-refractivity contribution in [1.82, 2.24) is 5.32 Å². The maximum Gasteiger partial charge on any atom is 0.416 e. The smallest absolute Gasteiger partial charge is 0.378 e. The molecule has 4 nitrogen and oxygen atoms in total. The molecule has 1 aliphatic rings. The summed E-state index contributed by atoms with van der Waals surface area (Å²) in [5.41, 5.74) is 4.60. The average Bonchev–Trinajstić information content (AvgIpc) is 2.53. The van der Waals surface area contributed by atoms with E-state index in [1.165, 1.54) is 12.1 Å². The summed E-state index contributed by atoms with van der Waals surface area (Å²) in [4.78, 5) is 12.7. The van der Waals surface area contributed by atoms with E-state index < -0.39 is 28.7 Å². The number of alkyl halides is 3. The zero-order valence-corrected chi connectivity index (χ0v) is 14.9. The van der Waals surface area contributed by atoms with Crippen LogP contribution in [0.3, 0.4) is 0 Å². The molecule has 2 rings (SSSR count). The molecule has 25 heavy (non-hydrogen) atoms. The molecule has 7 heteroatoms. The lowest BCUT2D eigenvalue weighted by atomic mass is 9.54. The van der Waals surface area contributed by atoms with Crippen LogP contribution in [0.5, 0.6) is 0 Å². The Balaban J connectivity index is 2.05. The Morgan fingerprint density at radius 1 is 1.36 bits per heavy atom. The Labute approximate surface area is 145 Å². The van der Waals surface area contributed by atoms with Gasteiger partial charge in [0.25, 0.3) is 0 Å². The second-order valence-electron chi connectivity index (χ2n) is 7.16. The topological polar surface area (TPSA) is 64.3 Å². The van der Waals surface area contributed by atoms with E-state index in [0.29, 0.717) is 18.6 Å². The number of amides is 1. The predicted molar refractivity (Wildman–Crippen MR) is 88.7 cm³/mol. The first-order valence-corrected chi connectivity index (χ1v) is 8.32. The molecule has 140 valence electrons. The second-order valence-corrected chi connectivity index (χ2v) is 7.16. The molecular weight excluding hydrogens is 333 g/mol. The van der Waals surface area contributed by atoms with E-state index in [-0.39, 0.29) is 12.0 Å². The van der Waals surface area contributed by atoms with Gasteiger partial charge in [0.2, 0.25) is 5.91 Å². The van der Waals surface area contributed by atoms with Gasteiger partial charge in [0.1, 0.15) is 5.54 Å². The van der Waals surface area contributed by atoms with Crippen LogP contribution >= 0.6 is 0 Å². The number of hydrogen-bond acceptors (Lipinski definition) is 3. The van der Waals surface area contributed by atoms with Crippen molar-refractivity contribution in [3.63, 3.8) is 0 Å². The highest BCUT2D eigenvalue weighted by molar-refractivity contribution is 5.89. The number of nitrogens with one attached hydrogen (secondary N) is 1. The van der Waals surface area contributed by atoms with E-state index >= 15 is 0 Å². The molecular formula is C18H25F3N2O2. The van der Waals surface area contributed by atoms with Gasteiger partial charge in [0.05, 0.1) is 17.7 Å². The molecule has 0 aromatic heterocycles. The molecule has 0 radical (unpaired) electrons. The molecule has 1 saturated carbocycles. The maximum atomic E-state index is 12.7. The molecule has 1 aromatic carbocycles. The van der Waals surface area contributed by atoms with Gasteiger partial charge in [-0.3, -0.25) is 4.79 Å². The fraction of sp³-hybridized carbons (Fsp3) is 0.611. The molecule has 0 bridgehead atoms. The quantitative estimate of drug-likeness (QED) is 0.848. The fourth-order valence-electron chi connectivity index (χ4n) is 3.19. The minimum atomic E-state index is -4.38. The van der Waals surface area contributed by atoms with Crippen LogP contribution in [0.25, 0.3) is 0 Å². The number of nitrogens with two attached hydrogens (primary N) is 1. The number of rotatable bonds is 5. The van der Waals surface area contributed by atoms with Gasteiger partial charge in [-0.2, -0.15) is 13.2 Å². The fourth-order valence-corrected chi connectivity index (χ4v) is 3.19. The zero-order chi connectivity index (χ0) is 19.0. The summed E-state index contributed by atoms with van der Waals surface area (Å²) in [6.45, 7) is 7.93. The third kappa shape index (κ3) is 3.53. The van der Waals surface area contributed by atoms with Gasteiger partial charge >= 0.3 is 6.18 Å². The number of carbonyl (C=O) groups excluding carboxylic acids is 1. The van der Waals surface area contributed by atoms with Crippen molar-refractivity contribution in [2.45, 2.75) is 58.0 Å². The summed E-state index contributed by atoms with van der Waals surface area (Å²) in [6.07, 6.45) is -4.05. The first-order chi connectivity index (χ1) is 11.4. The van der Waals surface area contributed by atoms with Gasteiger partial charge in [0, 0.05) is 18.4 Å². The number of benzene rings is 1. The summed E-state index contributed by atoms with van der Waals surface area (Å²) >= 11 is 0. The Bertz CT molecular complexity index is 628. The highest BCUT2D eigenvalue weighted by Crippen LogP contribution is 2.50. The lowest BCUT2D eigenvalue weighted by molar-refractivity contribution is -0.171. The van der Waals surface area contributed by atoms with Crippen molar-refractivity contribution in [2.75, 3.05) is 6.61 Å². The van der Waals surface area contributed by atoms with Gasteiger partial charge < -0.3 is 15.8 Å². The summed E-state index contributed by atoms with van der Waals surface area (Å²) in [6, 6.07) is 4.30. The molecule has 1 aromatic rings. The van der Waals surface area contributed by atoms with E-state index in [1.807, 2.05) is 20.8 Å². The van der Waals surface area contributed by atoms with Crippen LogP contribution in [-0.2, 0) is 15.7 Å². The van der Waals surface area contributed by atoms with E-state index in [0.717, 1.165) is 12.1 Å². The lowest BCUT2D eigenvalue weighted by Crippen LogP contribution is -2.75. The Morgan fingerprint density at radius 2 is 1.92 bits per heavy atom. The molecule has 1 aliphatic carbocycles. The minimum absolute atomic E-state index is 0.0883. The Hall–Kier alpha value is -1.60. The van der Waals surface area contributed by atoms with Gasteiger partial charge in [-0.15, -0.1) is 0 Å². The zero-order valence-electron chi connectivity index (χ0n) is 14.9. The first kappa shape index (κ1) is 19.7. The van der Waals surface area contributed by atoms with Crippen molar-refractivity contribution in [1.29, 1.82) is 0 Å². The molecule has 0 heterocycles. The van der Waals surface area contributed by atoms with Crippen molar-refractivity contribution < 1.29 is 22.7 Å². The summed E-state index contributed by atoms with van der Waals surface area (Å²) in [5.74, 6) is -0.319. The number of ether oxygens (including phenoxy) is 1. The van der Waals surface area contributed by atoms with Gasteiger partial charge in [-0.05, 0) is 31.5 Å². The van der Waals surface area contributed by atoms with Gasteiger partial charge in [0.15, 0.2) is 0 Å². The van der Waals surface area contributed by atoms with Crippen LogP contribution in [0.4, 0.5) is 13.2 Å². The van der Waals surface area contributed by atoms with Crippen LogP contribution in [-0.4, -0.2) is 24.2 Å². The average molecular weight is 358 g/mol. The SMILES string of the molecule is CCOC1CC(N)(C(=O)NC(C)c2ccc(C(F)(F)F)cc2)C1(C)C. The number of halogens is 3. The van der Waals surface area contributed by atoms with Crippen LogP contribution in [0.1, 0.15) is 51.3 Å². The molecule has 1 amide bonds. The Kier molecular flexibility index (Phi) is 5.21. The normalized spacial score (nSPS) is 26.6. The summed E-state index contributed by atoms with van der Waals surface area (Å²) < 4.78 is 43.5. The highest BCUT2D eigenvalue weighted by atomic mass is 19.4. The predicted octanol–water partition coefficient (Wildman–Crippen LogP) is 3.42. The monoisotopic (exact) mass is 358 g/mol. The van der Waals surface area contributed by atoms with E-state index in [4.69, 9.17) is 10.5 Å². The van der Waals surface area contributed by atoms with Crippen molar-refractivity contribution in [3.8, 4) is 0 Å². The van der Waals surface area contributed by atoms with E-state index in [1.54, 1.807) is 6.92 Å². The molecule has 0 aliphatic heterocycles. The van der Waals surface area contributed by atoms with E-state index in [9.17, 15) is 18.0 Å². The lowest BCUT2D eigenvalue weighted by Gasteiger charge is -2.57. The highest BCUT2D eigenvalue weighted by Gasteiger charge is 2.62. The van der Waals surface area contributed by atoms with Crippen LogP contribution in [0, 0.1) is 5.41 Å². The molecule has 0 spiro atoms. The van der Waals surface area contributed by atoms with Crippen LogP contribution in [0.2, 0.25) is 0 Å².